The molecule has 0 spiro atoms. The minimum Gasteiger partial charge on any atom is -0.396 e. The van der Waals surface area contributed by atoms with E-state index < -0.39 is 0 Å². The summed E-state index contributed by atoms with van der Waals surface area (Å²) < 4.78 is 0. The third-order valence-corrected chi connectivity index (χ3v) is 3.49. The van der Waals surface area contributed by atoms with Gasteiger partial charge in [0.05, 0.1) is 0 Å². The second-order valence-corrected chi connectivity index (χ2v) is 5.33. The Bertz CT molecular complexity index is 151. The largest absolute Gasteiger partial charge is 0.396 e. The predicted octanol–water partition coefficient (Wildman–Crippen LogP) is 2.52. The molecule has 2 heteroatoms. The van der Waals surface area contributed by atoms with Crippen molar-refractivity contribution < 1.29 is 5.11 Å². The van der Waals surface area contributed by atoms with Crippen LogP contribution < -0.4 is 0 Å². The molecule has 1 heterocycles. The highest BCUT2D eigenvalue weighted by Gasteiger charge is 2.18. The number of aliphatic hydroxyl groups is 1. The number of aliphatic hydroxyl groups excluding tert-OH is 1. The van der Waals surface area contributed by atoms with E-state index in [2.05, 4.69) is 18.7 Å². The maximum absolute atomic E-state index is 8.77. The summed E-state index contributed by atoms with van der Waals surface area (Å²) in [5.41, 5.74) is 0. The Morgan fingerprint density at radius 2 is 1.93 bits per heavy atom. The highest BCUT2D eigenvalue weighted by atomic mass is 16.3. The molecule has 0 aromatic rings. The summed E-state index contributed by atoms with van der Waals surface area (Å²) in [5.74, 6) is 1.83. The Kier molecular flexibility index (Phi) is 6.26. The first-order chi connectivity index (χ1) is 7.22. The van der Waals surface area contributed by atoms with Crippen LogP contribution in [0.4, 0.5) is 0 Å². The second kappa shape index (κ2) is 7.24. The van der Waals surface area contributed by atoms with Crippen LogP contribution in [0.5, 0.6) is 0 Å². The lowest BCUT2D eigenvalue weighted by Crippen LogP contribution is -2.34. The van der Waals surface area contributed by atoms with E-state index in [1.807, 2.05) is 0 Å². The Labute approximate surface area is 94.7 Å². The summed E-state index contributed by atoms with van der Waals surface area (Å²) in [6.07, 6.45) is 6.50. The van der Waals surface area contributed by atoms with Gasteiger partial charge in [0.1, 0.15) is 0 Å². The van der Waals surface area contributed by atoms with Gasteiger partial charge in [-0.3, -0.25) is 0 Å². The SMILES string of the molecule is CC(C)CCC1CCN(CCCO)CC1. The van der Waals surface area contributed by atoms with Crippen molar-refractivity contribution in [3.63, 3.8) is 0 Å². The minimum absolute atomic E-state index is 0.341. The quantitative estimate of drug-likeness (QED) is 0.733. The van der Waals surface area contributed by atoms with Gasteiger partial charge in [-0.05, 0) is 44.2 Å². The van der Waals surface area contributed by atoms with Crippen molar-refractivity contribution >= 4 is 0 Å². The normalized spacial score (nSPS) is 20.0. The zero-order valence-electron chi connectivity index (χ0n) is 10.4. The summed E-state index contributed by atoms with van der Waals surface area (Å²) in [5, 5.41) is 8.77. The van der Waals surface area contributed by atoms with Crippen LogP contribution in [0.2, 0.25) is 0 Å². The lowest BCUT2D eigenvalue weighted by Gasteiger charge is -2.32. The summed E-state index contributed by atoms with van der Waals surface area (Å²) in [6.45, 7) is 8.57. The molecule has 1 fully saturated rings. The van der Waals surface area contributed by atoms with Gasteiger partial charge in [-0.1, -0.05) is 26.7 Å². The average molecular weight is 213 g/mol. The molecule has 90 valence electrons. The van der Waals surface area contributed by atoms with Crippen LogP contribution in [-0.4, -0.2) is 36.2 Å². The Balaban J connectivity index is 2.07. The summed E-state index contributed by atoms with van der Waals surface area (Å²) in [7, 11) is 0. The van der Waals surface area contributed by atoms with Gasteiger partial charge in [0, 0.05) is 13.2 Å². The molecular weight excluding hydrogens is 186 g/mol. The van der Waals surface area contributed by atoms with Crippen molar-refractivity contribution in [2.24, 2.45) is 11.8 Å². The van der Waals surface area contributed by atoms with Crippen LogP contribution in [0.15, 0.2) is 0 Å². The van der Waals surface area contributed by atoms with Crippen molar-refractivity contribution in [3.05, 3.63) is 0 Å². The van der Waals surface area contributed by atoms with E-state index in [1.165, 1.54) is 38.8 Å². The highest BCUT2D eigenvalue weighted by Crippen LogP contribution is 2.23. The van der Waals surface area contributed by atoms with Gasteiger partial charge in [-0.2, -0.15) is 0 Å². The minimum atomic E-state index is 0.341. The first-order valence-corrected chi connectivity index (χ1v) is 6.55. The van der Waals surface area contributed by atoms with Crippen LogP contribution in [0.25, 0.3) is 0 Å². The van der Waals surface area contributed by atoms with Gasteiger partial charge in [-0.15, -0.1) is 0 Å². The van der Waals surface area contributed by atoms with E-state index in [0.717, 1.165) is 24.8 Å². The molecule has 0 atom stereocenters. The van der Waals surface area contributed by atoms with Crippen molar-refractivity contribution in [3.8, 4) is 0 Å². The third-order valence-electron chi connectivity index (χ3n) is 3.49. The number of hydrogen-bond donors (Lipinski definition) is 1. The molecule has 1 saturated heterocycles. The van der Waals surface area contributed by atoms with Crippen LogP contribution in [0.1, 0.15) is 46.0 Å². The van der Waals surface area contributed by atoms with Crippen LogP contribution >= 0.6 is 0 Å². The number of piperidine rings is 1. The van der Waals surface area contributed by atoms with Crippen LogP contribution in [-0.2, 0) is 0 Å². The maximum Gasteiger partial charge on any atom is 0.0443 e. The fraction of sp³-hybridized carbons (Fsp3) is 1.00. The zero-order chi connectivity index (χ0) is 11.1. The fourth-order valence-electron chi connectivity index (χ4n) is 2.36. The molecule has 0 amide bonds. The lowest BCUT2D eigenvalue weighted by atomic mass is 9.89. The molecule has 0 radical (unpaired) electrons. The first-order valence-electron chi connectivity index (χ1n) is 6.55. The molecule has 1 aliphatic heterocycles. The van der Waals surface area contributed by atoms with Gasteiger partial charge in [0.15, 0.2) is 0 Å². The monoisotopic (exact) mass is 213 g/mol. The third kappa shape index (κ3) is 5.53. The van der Waals surface area contributed by atoms with E-state index in [9.17, 15) is 0 Å². The predicted molar refractivity (Wildman–Crippen MR) is 64.9 cm³/mol. The van der Waals surface area contributed by atoms with Gasteiger partial charge >= 0.3 is 0 Å². The molecule has 2 nitrogen and oxygen atoms in total. The molecule has 0 saturated carbocycles. The summed E-state index contributed by atoms with van der Waals surface area (Å²) >= 11 is 0. The molecule has 15 heavy (non-hydrogen) atoms. The zero-order valence-corrected chi connectivity index (χ0v) is 10.4. The average Bonchev–Trinajstić information content (AvgIpc) is 2.25. The van der Waals surface area contributed by atoms with Gasteiger partial charge < -0.3 is 10.0 Å². The van der Waals surface area contributed by atoms with Gasteiger partial charge in [-0.25, -0.2) is 0 Å². The Morgan fingerprint density at radius 3 is 2.47 bits per heavy atom. The van der Waals surface area contributed by atoms with Crippen molar-refractivity contribution in [1.82, 2.24) is 4.90 Å². The molecule has 0 aromatic carbocycles. The Hall–Kier alpha value is -0.0800. The van der Waals surface area contributed by atoms with E-state index in [1.54, 1.807) is 0 Å². The molecule has 0 aromatic heterocycles. The van der Waals surface area contributed by atoms with Gasteiger partial charge in [0.25, 0.3) is 0 Å². The van der Waals surface area contributed by atoms with Crippen LogP contribution in [0, 0.1) is 11.8 Å². The summed E-state index contributed by atoms with van der Waals surface area (Å²) in [4.78, 5) is 2.50. The number of nitrogens with zero attached hydrogens (tertiary/aromatic N) is 1. The van der Waals surface area contributed by atoms with E-state index in [-0.39, 0.29) is 0 Å². The molecule has 1 N–H and O–H groups in total. The topological polar surface area (TPSA) is 23.5 Å². The number of likely N-dealkylation sites (tertiary alicyclic amines) is 1. The fourth-order valence-corrected chi connectivity index (χ4v) is 2.36. The number of hydrogen-bond acceptors (Lipinski definition) is 2. The van der Waals surface area contributed by atoms with Crippen molar-refractivity contribution in [2.45, 2.75) is 46.0 Å². The van der Waals surface area contributed by atoms with Crippen molar-refractivity contribution in [2.75, 3.05) is 26.2 Å². The molecular formula is C13H27NO. The maximum atomic E-state index is 8.77. The molecule has 1 rings (SSSR count). The Morgan fingerprint density at radius 1 is 1.27 bits per heavy atom. The standard InChI is InChI=1S/C13H27NO/c1-12(2)4-5-13-6-9-14(10-7-13)8-3-11-15/h12-13,15H,3-11H2,1-2H3. The second-order valence-electron chi connectivity index (χ2n) is 5.33. The van der Waals surface area contributed by atoms with E-state index >= 15 is 0 Å². The molecule has 0 bridgehead atoms. The lowest BCUT2D eigenvalue weighted by molar-refractivity contribution is 0.160. The number of rotatable bonds is 6. The van der Waals surface area contributed by atoms with E-state index in [0.29, 0.717) is 6.61 Å². The first kappa shape index (κ1) is 13.0. The van der Waals surface area contributed by atoms with Crippen LogP contribution in [0.3, 0.4) is 0 Å². The molecule has 0 aliphatic carbocycles. The van der Waals surface area contributed by atoms with Crippen molar-refractivity contribution in [1.29, 1.82) is 0 Å². The summed E-state index contributed by atoms with van der Waals surface area (Å²) in [6, 6.07) is 0. The highest BCUT2D eigenvalue weighted by molar-refractivity contribution is 4.72. The molecule has 1 aliphatic rings. The smallest absolute Gasteiger partial charge is 0.0443 e. The molecule has 0 unspecified atom stereocenters. The van der Waals surface area contributed by atoms with Gasteiger partial charge in [0.2, 0.25) is 0 Å². The van der Waals surface area contributed by atoms with E-state index in [4.69, 9.17) is 5.11 Å².